The Labute approximate surface area is 124 Å². The number of thiol groups is 1. The number of fused-ring (bicyclic) bond motifs is 1. The Morgan fingerprint density at radius 2 is 2.00 bits per heavy atom. The third-order valence-corrected chi connectivity index (χ3v) is 3.33. The average molecular weight is 314 g/mol. The summed E-state index contributed by atoms with van der Waals surface area (Å²) in [5.41, 5.74) is 8.00. The number of nitrogens with zero attached hydrogens (tertiary/aromatic N) is 2. The van der Waals surface area contributed by atoms with Crippen molar-refractivity contribution in [2.24, 2.45) is 0 Å². The summed E-state index contributed by atoms with van der Waals surface area (Å²) in [4.78, 5) is 0.668. The minimum absolute atomic E-state index is 0.113. The molecule has 2 N–H and O–H groups in total. The fourth-order valence-electron chi connectivity index (χ4n) is 1.31. The maximum absolute atomic E-state index is 12.3. The summed E-state index contributed by atoms with van der Waals surface area (Å²) >= 11 is 10.5. The van der Waals surface area contributed by atoms with Crippen LogP contribution in [0, 0.1) is 5.82 Å². The molecule has 0 saturated heterocycles. The highest BCUT2D eigenvalue weighted by molar-refractivity contribution is 7.80. The number of aromatic nitrogens is 2. The summed E-state index contributed by atoms with van der Waals surface area (Å²) in [6.45, 7) is 0. The lowest BCUT2D eigenvalue weighted by Crippen LogP contribution is -1.84. The van der Waals surface area contributed by atoms with Crippen LogP contribution in [0.5, 0.6) is 0 Å². The molecule has 0 atom stereocenters. The molecule has 0 radical (unpaired) electrons. The van der Waals surface area contributed by atoms with Crippen molar-refractivity contribution in [2.45, 2.75) is 4.90 Å². The summed E-state index contributed by atoms with van der Waals surface area (Å²) in [7, 11) is 0. The van der Waals surface area contributed by atoms with Crippen molar-refractivity contribution in [1.82, 2.24) is 8.75 Å². The molecule has 0 bridgehead atoms. The fourth-order valence-corrected chi connectivity index (χ4v) is 2.33. The first-order chi connectivity index (χ1) is 9.08. The van der Waals surface area contributed by atoms with Crippen molar-refractivity contribution in [3.63, 3.8) is 0 Å². The number of anilines is 1. The summed E-state index contributed by atoms with van der Waals surface area (Å²) in [5, 5.41) is 0.113. The van der Waals surface area contributed by atoms with Crippen molar-refractivity contribution < 1.29 is 4.39 Å². The molecule has 3 aromatic rings. The summed E-state index contributed by atoms with van der Waals surface area (Å²) in [6.07, 6.45) is 0. The van der Waals surface area contributed by atoms with Gasteiger partial charge in [0.1, 0.15) is 16.9 Å². The van der Waals surface area contributed by atoms with Crippen LogP contribution in [0.1, 0.15) is 0 Å². The Morgan fingerprint density at radius 3 is 2.63 bits per heavy atom. The van der Waals surface area contributed by atoms with Gasteiger partial charge < -0.3 is 5.73 Å². The third kappa shape index (κ3) is 3.56. The Morgan fingerprint density at radius 1 is 1.21 bits per heavy atom. The van der Waals surface area contributed by atoms with Gasteiger partial charge in [-0.25, -0.2) is 4.39 Å². The van der Waals surface area contributed by atoms with E-state index in [0.29, 0.717) is 10.6 Å². The molecular weight excluding hydrogens is 305 g/mol. The van der Waals surface area contributed by atoms with Gasteiger partial charge in [-0.2, -0.15) is 8.75 Å². The predicted octanol–water partition coefficient (Wildman–Crippen LogP) is 4.04. The smallest absolute Gasteiger partial charge is 0.141 e. The molecule has 0 fully saturated rings. The van der Waals surface area contributed by atoms with Crippen molar-refractivity contribution in [2.75, 3.05) is 5.73 Å². The number of nitrogens with two attached hydrogens (primary N) is 1. The van der Waals surface area contributed by atoms with Crippen LogP contribution in [0.3, 0.4) is 0 Å². The maximum atomic E-state index is 12.3. The normalized spacial score (nSPS) is 10.1. The van der Waals surface area contributed by atoms with E-state index in [2.05, 4.69) is 21.4 Å². The Kier molecular flexibility index (Phi) is 4.57. The molecule has 3 nitrogen and oxygen atoms in total. The molecular formula is C12H9ClFN3S2. The molecule has 1 heterocycles. The lowest BCUT2D eigenvalue weighted by atomic mass is 10.3. The van der Waals surface area contributed by atoms with Crippen LogP contribution in [0.4, 0.5) is 10.1 Å². The molecule has 2 aromatic carbocycles. The Balaban J connectivity index is 0.000000141. The largest absolute Gasteiger partial charge is 0.397 e. The van der Waals surface area contributed by atoms with Crippen molar-refractivity contribution >= 4 is 52.7 Å². The molecule has 98 valence electrons. The standard InChI is InChI=1S/C6H4ClFS.C6H5N3S/c7-5-3-4(9)1-2-6(5)8;7-4-2-1-3-5-6(4)9-10-8-5/h1-3,9H;1-3H,7H2. The Bertz CT molecular complexity index is 702. The highest BCUT2D eigenvalue weighted by Crippen LogP contribution is 2.18. The number of halogens is 2. The van der Waals surface area contributed by atoms with E-state index < -0.39 is 5.82 Å². The van der Waals surface area contributed by atoms with Crippen molar-refractivity contribution in [3.05, 3.63) is 47.2 Å². The Hall–Kier alpha value is -1.37. The lowest BCUT2D eigenvalue weighted by molar-refractivity contribution is 0.627. The van der Waals surface area contributed by atoms with Crippen LogP contribution < -0.4 is 5.73 Å². The molecule has 3 rings (SSSR count). The van der Waals surface area contributed by atoms with E-state index in [0.717, 1.165) is 11.0 Å². The minimum atomic E-state index is -0.408. The van der Waals surface area contributed by atoms with Gasteiger partial charge in [-0.15, -0.1) is 12.6 Å². The van der Waals surface area contributed by atoms with Gasteiger partial charge >= 0.3 is 0 Å². The number of nitrogen functional groups attached to an aromatic ring is 1. The van der Waals surface area contributed by atoms with E-state index in [4.69, 9.17) is 17.3 Å². The molecule has 0 aliphatic carbocycles. The monoisotopic (exact) mass is 313 g/mol. The molecule has 0 aliphatic rings. The molecule has 0 aliphatic heterocycles. The van der Waals surface area contributed by atoms with E-state index in [1.54, 1.807) is 6.07 Å². The fraction of sp³-hybridized carbons (Fsp3) is 0. The van der Waals surface area contributed by atoms with Crippen LogP contribution in [0.15, 0.2) is 41.3 Å². The summed E-state index contributed by atoms with van der Waals surface area (Å²) in [6, 6.07) is 9.88. The van der Waals surface area contributed by atoms with Gasteiger partial charge in [-0.1, -0.05) is 17.7 Å². The van der Waals surface area contributed by atoms with Crippen LogP contribution in [-0.2, 0) is 0 Å². The molecule has 7 heteroatoms. The van der Waals surface area contributed by atoms with Gasteiger partial charge in [0.05, 0.1) is 22.4 Å². The first kappa shape index (κ1) is 14.0. The van der Waals surface area contributed by atoms with E-state index in [1.165, 1.54) is 23.9 Å². The van der Waals surface area contributed by atoms with Gasteiger partial charge in [-0.3, -0.25) is 0 Å². The number of rotatable bonds is 0. The van der Waals surface area contributed by atoms with E-state index in [1.807, 2.05) is 18.2 Å². The van der Waals surface area contributed by atoms with Gasteiger partial charge in [0.15, 0.2) is 0 Å². The van der Waals surface area contributed by atoms with Gasteiger partial charge in [0, 0.05) is 4.90 Å². The second kappa shape index (κ2) is 6.18. The molecule has 0 unspecified atom stereocenters. The zero-order valence-electron chi connectivity index (χ0n) is 9.55. The first-order valence-corrected chi connectivity index (χ1v) is 6.74. The second-order valence-electron chi connectivity index (χ2n) is 3.58. The zero-order valence-corrected chi connectivity index (χ0v) is 12.0. The predicted molar refractivity (Wildman–Crippen MR) is 80.5 cm³/mol. The van der Waals surface area contributed by atoms with Crippen LogP contribution >= 0.6 is 36.0 Å². The number of benzene rings is 2. The molecule has 0 saturated carbocycles. The third-order valence-electron chi connectivity index (χ3n) is 2.22. The van der Waals surface area contributed by atoms with E-state index in [9.17, 15) is 4.39 Å². The number of hydrogen-bond acceptors (Lipinski definition) is 5. The van der Waals surface area contributed by atoms with Crippen LogP contribution in [0.25, 0.3) is 11.0 Å². The van der Waals surface area contributed by atoms with Crippen LogP contribution in [0.2, 0.25) is 5.02 Å². The topological polar surface area (TPSA) is 51.8 Å². The summed E-state index contributed by atoms with van der Waals surface area (Å²) in [5.74, 6) is -0.408. The van der Waals surface area contributed by atoms with Gasteiger partial charge in [0.2, 0.25) is 0 Å². The van der Waals surface area contributed by atoms with E-state index in [-0.39, 0.29) is 5.02 Å². The molecule has 0 spiro atoms. The van der Waals surface area contributed by atoms with Crippen molar-refractivity contribution in [1.29, 1.82) is 0 Å². The highest BCUT2D eigenvalue weighted by Gasteiger charge is 1.98. The maximum Gasteiger partial charge on any atom is 0.141 e. The molecule has 1 aromatic heterocycles. The zero-order chi connectivity index (χ0) is 13.8. The summed E-state index contributed by atoms with van der Waals surface area (Å²) < 4.78 is 20.4. The molecule has 19 heavy (non-hydrogen) atoms. The molecule has 0 amide bonds. The number of hydrogen-bond donors (Lipinski definition) is 2. The lowest BCUT2D eigenvalue weighted by Gasteiger charge is -1.92. The van der Waals surface area contributed by atoms with E-state index >= 15 is 0 Å². The second-order valence-corrected chi connectivity index (χ2v) is 5.03. The first-order valence-electron chi connectivity index (χ1n) is 5.18. The highest BCUT2D eigenvalue weighted by atomic mass is 35.5. The van der Waals surface area contributed by atoms with Gasteiger partial charge in [0.25, 0.3) is 0 Å². The SMILES string of the molecule is Fc1ccc(S)cc1Cl.Nc1cccc2nsnc12. The van der Waals surface area contributed by atoms with Gasteiger partial charge in [-0.05, 0) is 30.3 Å². The van der Waals surface area contributed by atoms with Crippen LogP contribution in [-0.4, -0.2) is 8.75 Å². The van der Waals surface area contributed by atoms with Crippen molar-refractivity contribution in [3.8, 4) is 0 Å². The quantitative estimate of drug-likeness (QED) is 0.486. The average Bonchev–Trinajstić information content (AvgIpc) is 2.85. The minimum Gasteiger partial charge on any atom is -0.397 e.